The number of rotatable bonds is 4. The van der Waals surface area contributed by atoms with E-state index in [-0.39, 0.29) is 11.8 Å². The predicted octanol–water partition coefficient (Wildman–Crippen LogP) is 2.77. The van der Waals surface area contributed by atoms with Gasteiger partial charge in [0.2, 0.25) is 5.91 Å². The molecule has 0 bridgehead atoms. The third kappa shape index (κ3) is 3.28. The molecule has 26 heavy (non-hydrogen) atoms. The normalized spacial score (nSPS) is 15.8. The number of aromatic nitrogens is 4. The van der Waals surface area contributed by atoms with Gasteiger partial charge in [-0.15, -0.1) is 10.2 Å². The lowest BCUT2D eigenvalue weighted by Crippen LogP contribution is -2.20. The van der Waals surface area contributed by atoms with Crippen molar-refractivity contribution in [3.8, 4) is 17.1 Å². The smallest absolute Gasteiger partial charge is 0.225 e. The van der Waals surface area contributed by atoms with E-state index in [9.17, 15) is 4.79 Å². The minimum Gasteiger partial charge on any atom is -0.493 e. The number of nitrogens with zero attached hydrogens (tertiary/aromatic N) is 4. The fraction of sp³-hybridized carbons (Fsp3) is 0.263. The predicted molar refractivity (Wildman–Crippen MR) is 96.8 cm³/mol. The van der Waals surface area contributed by atoms with Crippen molar-refractivity contribution < 1.29 is 9.53 Å². The maximum Gasteiger partial charge on any atom is 0.225 e. The molecule has 1 N–H and O–H groups in total. The Kier molecular flexibility index (Phi) is 4.35. The number of anilines is 1. The molecule has 1 aliphatic heterocycles. The van der Waals surface area contributed by atoms with Crippen LogP contribution in [0.3, 0.4) is 0 Å². The molecule has 7 heteroatoms. The van der Waals surface area contributed by atoms with Crippen LogP contribution in [0.4, 0.5) is 5.69 Å². The number of fused-ring (bicyclic) bond motifs is 1. The third-order valence-electron chi connectivity index (χ3n) is 4.51. The van der Waals surface area contributed by atoms with Crippen LogP contribution in [0.1, 0.15) is 24.3 Å². The van der Waals surface area contributed by atoms with Crippen molar-refractivity contribution in [1.29, 1.82) is 0 Å². The van der Waals surface area contributed by atoms with Gasteiger partial charge < -0.3 is 14.6 Å². The number of para-hydroxylation sites is 1. The SMILES string of the molecule is Cn1cnnc1-c1cncc(NC(=O)C[C@@H]2CCOc3ccccc32)c1. The fourth-order valence-electron chi connectivity index (χ4n) is 3.24. The maximum atomic E-state index is 12.5. The summed E-state index contributed by atoms with van der Waals surface area (Å²) in [6.07, 6.45) is 6.21. The Bertz CT molecular complexity index is 937. The Labute approximate surface area is 151 Å². The summed E-state index contributed by atoms with van der Waals surface area (Å²) in [5.74, 6) is 1.70. The quantitative estimate of drug-likeness (QED) is 0.783. The second-order valence-electron chi connectivity index (χ2n) is 6.35. The second kappa shape index (κ2) is 6.95. The van der Waals surface area contributed by atoms with Crippen LogP contribution in [0.15, 0.2) is 49.1 Å². The van der Waals surface area contributed by atoms with Gasteiger partial charge in [0, 0.05) is 25.2 Å². The minimum atomic E-state index is -0.0383. The van der Waals surface area contributed by atoms with Gasteiger partial charge in [0.25, 0.3) is 0 Å². The van der Waals surface area contributed by atoms with Crippen LogP contribution >= 0.6 is 0 Å². The second-order valence-corrected chi connectivity index (χ2v) is 6.35. The van der Waals surface area contributed by atoms with Crippen molar-refractivity contribution >= 4 is 11.6 Å². The van der Waals surface area contributed by atoms with Crippen LogP contribution in [0.2, 0.25) is 0 Å². The Hall–Kier alpha value is -3.22. The Morgan fingerprint density at radius 3 is 3.08 bits per heavy atom. The van der Waals surface area contributed by atoms with Crippen LogP contribution < -0.4 is 10.1 Å². The van der Waals surface area contributed by atoms with Gasteiger partial charge in [0.1, 0.15) is 12.1 Å². The van der Waals surface area contributed by atoms with E-state index in [1.807, 2.05) is 41.9 Å². The highest BCUT2D eigenvalue weighted by Gasteiger charge is 2.23. The standard InChI is InChI=1S/C19H19N5O2/c1-24-12-21-23-19(24)14-8-15(11-20-10-14)22-18(25)9-13-6-7-26-17-5-3-2-4-16(13)17/h2-5,8,10-13H,6-7,9H2,1H3,(H,22,25)/t13-/m0/s1. The molecule has 0 saturated heterocycles. The molecule has 3 heterocycles. The highest BCUT2D eigenvalue weighted by Crippen LogP contribution is 2.35. The maximum absolute atomic E-state index is 12.5. The lowest BCUT2D eigenvalue weighted by Gasteiger charge is -2.25. The molecular weight excluding hydrogens is 330 g/mol. The summed E-state index contributed by atoms with van der Waals surface area (Å²) >= 11 is 0. The Morgan fingerprint density at radius 1 is 1.35 bits per heavy atom. The lowest BCUT2D eigenvalue weighted by molar-refractivity contribution is -0.116. The van der Waals surface area contributed by atoms with E-state index in [4.69, 9.17) is 4.74 Å². The highest BCUT2D eigenvalue weighted by atomic mass is 16.5. The summed E-state index contributed by atoms with van der Waals surface area (Å²) < 4.78 is 7.47. The van der Waals surface area contributed by atoms with Crippen molar-refractivity contribution in [2.45, 2.75) is 18.8 Å². The van der Waals surface area contributed by atoms with Gasteiger partial charge in [-0.3, -0.25) is 9.78 Å². The average Bonchev–Trinajstić information content (AvgIpc) is 3.08. The molecule has 1 amide bonds. The number of pyridine rings is 1. The van der Waals surface area contributed by atoms with Gasteiger partial charge in [0.05, 0.1) is 18.5 Å². The van der Waals surface area contributed by atoms with Crippen molar-refractivity contribution in [1.82, 2.24) is 19.7 Å². The van der Waals surface area contributed by atoms with Crippen LogP contribution in [-0.2, 0) is 11.8 Å². The molecule has 4 rings (SSSR count). The van der Waals surface area contributed by atoms with Gasteiger partial charge in [-0.1, -0.05) is 18.2 Å². The Balaban J connectivity index is 1.47. The molecule has 2 aromatic heterocycles. The molecule has 7 nitrogen and oxygen atoms in total. The van der Waals surface area contributed by atoms with Crippen molar-refractivity contribution in [2.75, 3.05) is 11.9 Å². The third-order valence-corrected chi connectivity index (χ3v) is 4.51. The summed E-state index contributed by atoms with van der Waals surface area (Å²) in [6.45, 7) is 0.637. The van der Waals surface area contributed by atoms with E-state index in [2.05, 4.69) is 20.5 Å². The number of nitrogens with one attached hydrogen (secondary N) is 1. The molecule has 0 unspecified atom stereocenters. The summed E-state index contributed by atoms with van der Waals surface area (Å²) in [6, 6.07) is 9.76. The number of carbonyl (C=O) groups excluding carboxylic acids is 1. The van der Waals surface area contributed by atoms with Gasteiger partial charge in [0.15, 0.2) is 5.82 Å². The molecule has 0 saturated carbocycles. The number of hydrogen-bond acceptors (Lipinski definition) is 5. The van der Waals surface area contributed by atoms with Crippen LogP contribution in [-0.4, -0.2) is 32.3 Å². The number of amides is 1. The van der Waals surface area contributed by atoms with E-state index < -0.39 is 0 Å². The van der Waals surface area contributed by atoms with Crippen LogP contribution in [0, 0.1) is 0 Å². The van der Waals surface area contributed by atoms with Gasteiger partial charge >= 0.3 is 0 Å². The summed E-state index contributed by atoms with van der Waals surface area (Å²) in [4.78, 5) is 16.7. The van der Waals surface area contributed by atoms with Crippen molar-refractivity contribution in [2.24, 2.45) is 7.05 Å². The minimum absolute atomic E-state index is 0.0383. The fourth-order valence-corrected chi connectivity index (χ4v) is 3.24. The van der Waals surface area contributed by atoms with E-state index in [1.54, 1.807) is 18.7 Å². The van der Waals surface area contributed by atoms with E-state index in [0.717, 1.165) is 23.3 Å². The zero-order valence-corrected chi connectivity index (χ0v) is 14.4. The van der Waals surface area contributed by atoms with Gasteiger partial charge in [-0.2, -0.15) is 0 Å². The average molecular weight is 349 g/mol. The summed E-state index contributed by atoms with van der Waals surface area (Å²) in [5.41, 5.74) is 2.55. The largest absolute Gasteiger partial charge is 0.493 e. The first kappa shape index (κ1) is 16.3. The molecule has 1 aromatic carbocycles. The topological polar surface area (TPSA) is 81.9 Å². The van der Waals surface area contributed by atoms with E-state index >= 15 is 0 Å². The van der Waals surface area contributed by atoms with E-state index in [1.165, 1.54) is 0 Å². The molecule has 0 spiro atoms. The lowest BCUT2D eigenvalue weighted by atomic mass is 9.90. The van der Waals surface area contributed by atoms with Crippen molar-refractivity contribution in [3.05, 3.63) is 54.6 Å². The van der Waals surface area contributed by atoms with Crippen LogP contribution in [0.25, 0.3) is 11.4 Å². The number of benzene rings is 1. The Morgan fingerprint density at radius 2 is 2.23 bits per heavy atom. The van der Waals surface area contributed by atoms with Crippen LogP contribution in [0.5, 0.6) is 5.75 Å². The molecular formula is C19H19N5O2. The molecule has 0 aliphatic carbocycles. The van der Waals surface area contributed by atoms with Gasteiger partial charge in [-0.25, -0.2) is 0 Å². The van der Waals surface area contributed by atoms with E-state index in [0.29, 0.717) is 24.5 Å². The number of ether oxygens (including phenoxy) is 1. The zero-order chi connectivity index (χ0) is 17.9. The zero-order valence-electron chi connectivity index (χ0n) is 14.4. The molecule has 0 fully saturated rings. The molecule has 1 aliphatic rings. The highest BCUT2D eigenvalue weighted by molar-refractivity contribution is 5.91. The monoisotopic (exact) mass is 349 g/mol. The first-order chi connectivity index (χ1) is 12.7. The number of aryl methyl sites for hydroxylation is 1. The molecule has 1 atom stereocenters. The molecule has 0 radical (unpaired) electrons. The number of carbonyl (C=O) groups is 1. The first-order valence-electron chi connectivity index (χ1n) is 8.51. The first-order valence-corrected chi connectivity index (χ1v) is 8.51. The van der Waals surface area contributed by atoms with Gasteiger partial charge in [-0.05, 0) is 30.0 Å². The molecule has 3 aromatic rings. The number of hydrogen-bond donors (Lipinski definition) is 1. The molecule has 132 valence electrons. The summed E-state index contributed by atoms with van der Waals surface area (Å²) in [7, 11) is 1.86. The van der Waals surface area contributed by atoms with Crippen molar-refractivity contribution in [3.63, 3.8) is 0 Å². The summed E-state index contributed by atoms with van der Waals surface area (Å²) in [5, 5.41) is 10.9.